The molecule has 0 aliphatic carbocycles. The number of nitrogens with zero attached hydrogens (tertiary/aromatic N) is 2. The topological polar surface area (TPSA) is 75.4 Å². The van der Waals surface area contributed by atoms with Crippen molar-refractivity contribution in [1.29, 1.82) is 0 Å². The second kappa shape index (κ2) is 7.57. The molecule has 1 saturated heterocycles. The van der Waals surface area contributed by atoms with Crippen LogP contribution >= 0.6 is 0 Å². The van der Waals surface area contributed by atoms with Crippen LogP contribution in [0.25, 0.3) is 0 Å². The summed E-state index contributed by atoms with van der Waals surface area (Å²) in [5, 5.41) is 6.74. The van der Waals surface area contributed by atoms with Crippen LogP contribution < -0.4 is 5.32 Å². The standard InChI is InChI=1S/C20H19F2N3O3S/c1-13-20(10-23-28-13)29(26,27)25-11-16(14-5-3-2-4-6-14)19(12-25)24-15-7-8-17(21)18(22)9-15/h2-10,16,19,24H,11-12H2,1H3. The van der Waals surface area contributed by atoms with Crippen LogP contribution in [0, 0.1) is 18.6 Å². The molecule has 3 aromatic rings. The molecule has 0 radical (unpaired) electrons. The first-order chi connectivity index (χ1) is 13.9. The predicted octanol–water partition coefficient (Wildman–Crippen LogP) is 3.53. The molecule has 29 heavy (non-hydrogen) atoms. The van der Waals surface area contributed by atoms with Crippen LogP contribution in [0.15, 0.2) is 64.1 Å². The second-order valence-corrected chi connectivity index (χ2v) is 8.87. The lowest BCUT2D eigenvalue weighted by Crippen LogP contribution is -2.32. The lowest BCUT2D eigenvalue weighted by atomic mass is 9.94. The van der Waals surface area contributed by atoms with Crippen molar-refractivity contribution in [1.82, 2.24) is 9.46 Å². The maximum Gasteiger partial charge on any atom is 0.248 e. The Hall–Kier alpha value is -2.78. The predicted molar refractivity (Wildman–Crippen MR) is 103 cm³/mol. The van der Waals surface area contributed by atoms with Gasteiger partial charge in [-0.05, 0) is 24.6 Å². The molecule has 1 fully saturated rings. The second-order valence-electron chi connectivity index (χ2n) is 6.97. The van der Waals surface area contributed by atoms with Crippen LogP contribution in [-0.4, -0.2) is 37.0 Å². The normalized spacial score (nSPS) is 20.1. The van der Waals surface area contributed by atoms with E-state index in [0.717, 1.165) is 17.7 Å². The summed E-state index contributed by atoms with van der Waals surface area (Å²) in [7, 11) is -3.80. The lowest BCUT2D eigenvalue weighted by molar-refractivity contribution is 0.393. The van der Waals surface area contributed by atoms with Crippen molar-refractivity contribution in [2.45, 2.75) is 23.8 Å². The summed E-state index contributed by atoms with van der Waals surface area (Å²) in [4.78, 5) is 0.0257. The number of rotatable bonds is 5. The van der Waals surface area contributed by atoms with Gasteiger partial charge in [0.2, 0.25) is 10.0 Å². The van der Waals surface area contributed by atoms with Crippen molar-refractivity contribution in [2.75, 3.05) is 18.4 Å². The molecule has 2 aromatic carbocycles. The molecule has 0 bridgehead atoms. The Balaban J connectivity index is 1.66. The van der Waals surface area contributed by atoms with Gasteiger partial charge in [0.1, 0.15) is 4.90 Å². The molecule has 9 heteroatoms. The molecule has 0 saturated carbocycles. The largest absolute Gasteiger partial charge is 0.380 e. The van der Waals surface area contributed by atoms with Crippen LogP contribution in [0.1, 0.15) is 17.2 Å². The molecule has 2 heterocycles. The third kappa shape index (κ3) is 3.75. The van der Waals surface area contributed by atoms with E-state index in [1.54, 1.807) is 6.92 Å². The smallest absolute Gasteiger partial charge is 0.248 e. The number of hydrogen-bond donors (Lipinski definition) is 1. The quantitative estimate of drug-likeness (QED) is 0.685. The highest BCUT2D eigenvalue weighted by molar-refractivity contribution is 7.89. The molecule has 4 rings (SSSR count). The average molecular weight is 419 g/mol. The van der Waals surface area contributed by atoms with Gasteiger partial charge in [-0.3, -0.25) is 0 Å². The Labute approximate surface area is 167 Å². The Morgan fingerprint density at radius 3 is 2.52 bits per heavy atom. The van der Waals surface area contributed by atoms with Gasteiger partial charge < -0.3 is 9.84 Å². The van der Waals surface area contributed by atoms with E-state index in [0.29, 0.717) is 5.69 Å². The van der Waals surface area contributed by atoms with Crippen molar-refractivity contribution in [3.63, 3.8) is 0 Å². The number of nitrogens with one attached hydrogen (secondary N) is 1. The molecule has 152 valence electrons. The number of benzene rings is 2. The number of aryl methyl sites for hydroxylation is 1. The van der Waals surface area contributed by atoms with Crippen molar-refractivity contribution < 1.29 is 21.7 Å². The van der Waals surface area contributed by atoms with E-state index >= 15 is 0 Å². The zero-order valence-electron chi connectivity index (χ0n) is 15.5. The first-order valence-electron chi connectivity index (χ1n) is 9.04. The molecule has 1 aliphatic heterocycles. The molecular formula is C20H19F2N3O3S. The number of aromatic nitrogens is 1. The van der Waals surface area contributed by atoms with Gasteiger partial charge in [0.05, 0.1) is 6.20 Å². The van der Waals surface area contributed by atoms with Gasteiger partial charge in [-0.25, -0.2) is 17.2 Å². The molecule has 1 N–H and O–H groups in total. The molecule has 0 amide bonds. The van der Waals surface area contributed by atoms with Gasteiger partial charge >= 0.3 is 0 Å². The third-order valence-corrected chi connectivity index (χ3v) is 7.04. The summed E-state index contributed by atoms with van der Waals surface area (Å²) in [5.41, 5.74) is 1.34. The molecular weight excluding hydrogens is 400 g/mol. The van der Waals surface area contributed by atoms with Gasteiger partial charge in [0.25, 0.3) is 0 Å². The fourth-order valence-corrected chi connectivity index (χ4v) is 5.19. The van der Waals surface area contributed by atoms with E-state index in [1.807, 2.05) is 30.3 Å². The van der Waals surface area contributed by atoms with E-state index in [2.05, 4.69) is 10.5 Å². The van der Waals surface area contributed by atoms with Crippen LogP contribution in [-0.2, 0) is 10.0 Å². The summed E-state index contributed by atoms with van der Waals surface area (Å²) in [6.45, 7) is 1.94. The SMILES string of the molecule is Cc1oncc1S(=O)(=O)N1CC(Nc2ccc(F)c(F)c2)C(c2ccccc2)C1. The number of hydrogen-bond acceptors (Lipinski definition) is 5. The highest BCUT2D eigenvalue weighted by Crippen LogP contribution is 2.34. The minimum atomic E-state index is -3.80. The van der Waals surface area contributed by atoms with Crippen molar-refractivity contribution in [2.24, 2.45) is 0 Å². The first-order valence-corrected chi connectivity index (χ1v) is 10.5. The molecule has 2 unspecified atom stereocenters. The molecule has 1 aromatic heterocycles. The van der Waals surface area contributed by atoms with Gasteiger partial charge in [0.15, 0.2) is 17.4 Å². The minimum absolute atomic E-state index is 0.0257. The first kappa shape index (κ1) is 19.5. The van der Waals surface area contributed by atoms with E-state index < -0.39 is 21.7 Å². The maximum atomic E-state index is 13.6. The number of sulfonamides is 1. The zero-order chi connectivity index (χ0) is 20.6. The van der Waals surface area contributed by atoms with E-state index in [1.165, 1.54) is 16.6 Å². The highest BCUT2D eigenvalue weighted by atomic mass is 32.2. The van der Waals surface area contributed by atoms with Gasteiger partial charge in [0, 0.05) is 36.8 Å². The molecule has 2 atom stereocenters. The van der Waals surface area contributed by atoms with E-state index in [4.69, 9.17) is 4.52 Å². The summed E-state index contributed by atoms with van der Waals surface area (Å²) in [6, 6.07) is 12.7. The van der Waals surface area contributed by atoms with Crippen LogP contribution in [0.4, 0.5) is 14.5 Å². The van der Waals surface area contributed by atoms with Crippen LogP contribution in [0.3, 0.4) is 0 Å². The van der Waals surface area contributed by atoms with Gasteiger partial charge in [-0.2, -0.15) is 4.31 Å². The van der Waals surface area contributed by atoms with Crippen molar-refractivity contribution in [3.8, 4) is 0 Å². The maximum absolute atomic E-state index is 13.6. The van der Waals surface area contributed by atoms with Crippen molar-refractivity contribution in [3.05, 3.63) is 77.7 Å². The van der Waals surface area contributed by atoms with Crippen LogP contribution in [0.2, 0.25) is 0 Å². The van der Waals surface area contributed by atoms with E-state index in [-0.39, 0.29) is 35.7 Å². The fourth-order valence-electron chi connectivity index (χ4n) is 3.62. The lowest BCUT2D eigenvalue weighted by Gasteiger charge is -2.21. The van der Waals surface area contributed by atoms with E-state index in [9.17, 15) is 17.2 Å². The monoisotopic (exact) mass is 419 g/mol. The number of halogens is 2. The Bertz CT molecular complexity index is 1120. The summed E-state index contributed by atoms with van der Waals surface area (Å²) in [6.07, 6.45) is 1.19. The summed E-state index contributed by atoms with van der Waals surface area (Å²) >= 11 is 0. The zero-order valence-corrected chi connectivity index (χ0v) is 16.4. The Kier molecular flexibility index (Phi) is 5.10. The summed E-state index contributed by atoms with van der Waals surface area (Å²) in [5.74, 6) is -1.86. The van der Waals surface area contributed by atoms with Gasteiger partial charge in [-0.15, -0.1) is 0 Å². The summed E-state index contributed by atoms with van der Waals surface area (Å²) < 4.78 is 59.3. The molecule has 1 aliphatic rings. The average Bonchev–Trinajstić information content (AvgIpc) is 3.32. The van der Waals surface area contributed by atoms with Crippen molar-refractivity contribution >= 4 is 15.7 Å². The Morgan fingerprint density at radius 1 is 1.10 bits per heavy atom. The fraction of sp³-hybridized carbons (Fsp3) is 0.250. The Morgan fingerprint density at radius 2 is 1.86 bits per heavy atom. The number of anilines is 1. The third-order valence-electron chi connectivity index (χ3n) is 5.11. The minimum Gasteiger partial charge on any atom is -0.380 e. The van der Waals surface area contributed by atoms with Gasteiger partial charge in [-0.1, -0.05) is 35.5 Å². The highest BCUT2D eigenvalue weighted by Gasteiger charge is 2.41. The van der Waals surface area contributed by atoms with Crippen LogP contribution in [0.5, 0.6) is 0 Å². The molecule has 0 spiro atoms. The molecule has 6 nitrogen and oxygen atoms in total.